The lowest BCUT2D eigenvalue weighted by molar-refractivity contribution is -0.127. The lowest BCUT2D eigenvalue weighted by Crippen LogP contribution is -2.35. The molecule has 0 saturated carbocycles. The van der Waals surface area contributed by atoms with Gasteiger partial charge in [0.2, 0.25) is 0 Å². The number of ketones is 1. The second kappa shape index (κ2) is 13.3. The summed E-state index contributed by atoms with van der Waals surface area (Å²) in [6, 6.07) is 22.9. The standard InChI is InChI=1S/C31H36N2O4/c1-6-7-19-33(21-26-17-18-27(36-4)20-29(26)37-5)31(35)28(22-32(2)3)30(34)25-15-13-24(14-16-25)23-11-9-8-10-12-23/h8-18,20,22H,6-7,19,21H2,1-5H3. The van der Waals surface area contributed by atoms with E-state index in [9.17, 15) is 9.59 Å². The topological polar surface area (TPSA) is 59.1 Å². The molecule has 0 bridgehead atoms. The van der Waals surface area contributed by atoms with Crippen molar-refractivity contribution in [3.8, 4) is 22.6 Å². The Morgan fingerprint density at radius 3 is 2.14 bits per heavy atom. The molecule has 0 N–H and O–H groups in total. The number of hydrogen-bond donors (Lipinski definition) is 0. The predicted molar refractivity (Wildman–Crippen MR) is 148 cm³/mol. The van der Waals surface area contributed by atoms with Crippen molar-refractivity contribution in [2.45, 2.75) is 26.3 Å². The number of unbranched alkanes of at least 4 members (excludes halogenated alkanes) is 1. The largest absolute Gasteiger partial charge is 0.497 e. The van der Waals surface area contributed by atoms with Crippen LogP contribution < -0.4 is 9.47 Å². The van der Waals surface area contributed by atoms with Gasteiger partial charge in [-0.05, 0) is 29.7 Å². The van der Waals surface area contributed by atoms with Crippen LogP contribution in [-0.2, 0) is 11.3 Å². The number of rotatable bonds is 12. The van der Waals surface area contributed by atoms with Gasteiger partial charge in [0.15, 0.2) is 5.78 Å². The van der Waals surface area contributed by atoms with Crippen LogP contribution in [0.15, 0.2) is 84.6 Å². The van der Waals surface area contributed by atoms with Gasteiger partial charge in [0.1, 0.15) is 17.1 Å². The quantitative estimate of drug-likeness (QED) is 0.136. The van der Waals surface area contributed by atoms with Crippen LogP contribution in [0.25, 0.3) is 11.1 Å². The second-order valence-electron chi connectivity index (χ2n) is 9.04. The SMILES string of the molecule is CCCCN(Cc1ccc(OC)cc1OC)C(=O)C(=CN(C)C)C(=O)c1ccc(-c2ccccc2)cc1. The molecule has 0 spiro atoms. The molecule has 6 heteroatoms. The van der Waals surface area contributed by atoms with Gasteiger partial charge in [-0.1, -0.05) is 67.9 Å². The molecule has 0 aromatic heterocycles. The summed E-state index contributed by atoms with van der Waals surface area (Å²) < 4.78 is 10.9. The predicted octanol–water partition coefficient (Wildman–Crippen LogP) is 5.83. The van der Waals surface area contributed by atoms with Gasteiger partial charge in [-0.15, -0.1) is 0 Å². The summed E-state index contributed by atoms with van der Waals surface area (Å²) in [7, 11) is 6.81. The summed E-state index contributed by atoms with van der Waals surface area (Å²) in [6.07, 6.45) is 3.35. The monoisotopic (exact) mass is 500 g/mol. The number of benzene rings is 3. The van der Waals surface area contributed by atoms with E-state index in [2.05, 4.69) is 6.92 Å². The average Bonchev–Trinajstić information content (AvgIpc) is 2.93. The van der Waals surface area contributed by atoms with Crippen LogP contribution >= 0.6 is 0 Å². The summed E-state index contributed by atoms with van der Waals surface area (Å²) >= 11 is 0. The Hall–Kier alpha value is -4.06. The fourth-order valence-electron chi connectivity index (χ4n) is 4.03. The summed E-state index contributed by atoms with van der Waals surface area (Å²) in [5.41, 5.74) is 3.52. The first-order valence-corrected chi connectivity index (χ1v) is 12.5. The summed E-state index contributed by atoms with van der Waals surface area (Å²) in [6.45, 7) is 2.92. The minimum absolute atomic E-state index is 0.126. The van der Waals surface area contributed by atoms with Crippen LogP contribution in [0.2, 0.25) is 0 Å². The number of nitrogens with zero attached hydrogens (tertiary/aromatic N) is 2. The molecule has 6 nitrogen and oxygen atoms in total. The van der Waals surface area contributed by atoms with Crippen molar-refractivity contribution in [3.63, 3.8) is 0 Å². The molecule has 0 atom stereocenters. The van der Waals surface area contributed by atoms with Crippen LogP contribution in [0.1, 0.15) is 35.7 Å². The van der Waals surface area contributed by atoms with E-state index in [1.807, 2.05) is 68.7 Å². The smallest absolute Gasteiger partial charge is 0.259 e. The first kappa shape index (κ1) is 27.5. The van der Waals surface area contributed by atoms with E-state index < -0.39 is 0 Å². The number of methoxy groups -OCH3 is 2. The lowest BCUT2D eigenvalue weighted by Gasteiger charge is -2.25. The number of carbonyl (C=O) groups is 2. The zero-order chi connectivity index (χ0) is 26.8. The van der Waals surface area contributed by atoms with Crippen LogP contribution in [0.4, 0.5) is 0 Å². The Balaban J connectivity index is 1.92. The molecule has 0 aliphatic carbocycles. The van der Waals surface area contributed by atoms with Gasteiger partial charge in [-0.25, -0.2) is 0 Å². The second-order valence-corrected chi connectivity index (χ2v) is 9.04. The zero-order valence-electron chi connectivity index (χ0n) is 22.4. The highest BCUT2D eigenvalue weighted by Gasteiger charge is 2.26. The van der Waals surface area contributed by atoms with E-state index >= 15 is 0 Å². The van der Waals surface area contributed by atoms with Crippen molar-refractivity contribution >= 4 is 11.7 Å². The Bertz CT molecular complexity index is 1220. The molecule has 3 aromatic carbocycles. The first-order valence-electron chi connectivity index (χ1n) is 12.5. The number of hydrogen-bond acceptors (Lipinski definition) is 5. The highest BCUT2D eigenvalue weighted by atomic mass is 16.5. The molecule has 0 heterocycles. The van der Waals surface area contributed by atoms with E-state index in [0.29, 0.717) is 30.2 Å². The van der Waals surface area contributed by atoms with Crippen molar-refractivity contribution in [2.75, 3.05) is 34.9 Å². The van der Waals surface area contributed by atoms with E-state index in [4.69, 9.17) is 9.47 Å². The van der Waals surface area contributed by atoms with E-state index in [0.717, 1.165) is 29.5 Å². The molecule has 0 aliphatic rings. The number of ether oxygens (including phenoxy) is 2. The molecule has 3 aromatic rings. The van der Waals surface area contributed by atoms with E-state index in [-0.39, 0.29) is 17.3 Å². The molecule has 0 saturated heterocycles. The van der Waals surface area contributed by atoms with Gasteiger partial charge >= 0.3 is 0 Å². The van der Waals surface area contributed by atoms with E-state index in [1.54, 1.807) is 48.4 Å². The van der Waals surface area contributed by atoms with Crippen molar-refractivity contribution in [1.29, 1.82) is 0 Å². The minimum Gasteiger partial charge on any atom is -0.497 e. The average molecular weight is 501 g/mol. The Morgan fingerprint density at radius 2 is 1.54 bits per heavy atom. The fraction of sp³-hybridized carbons (Fsp3) is 0.290. The Kier molecular flexibility index (Phi) is 9.90. The molecular formula is C31H36N2O4. The highest BCUT2D eigenvalue weighted by Crippen LogP contribution is 2.27. The Morgan fingerprint density at radius 1 is 0.865 bits per heavy atom. The van der Waals surface area contributed by atoms with Crippen LogP contribution in [-0.4, -0.2) is 56.3 Å². The molecule has 37 heavy (non-hydrogen) atoms. The van der Waals surface area contributed by atoms with Gasteiger partial charge < -0.3 is 19.3 Å². The third kappa shape index (κ3) is 7.23. The highest BCUT2D eigenvalue weighted by molar-refractivity contribution is 6.25. The fourth-order valence-corrected chi connectivity index (χ4v) is 4.03. The normalized spacial score (nSPS) is 11.1. The maximum absolute atomic E-state index is 13.9. The van der Waals surface area contributed by atoms with Crippen molar-refractivity contribution < 1.29 is 19.1 Å². The van der Waals surface area contributed by atoms with Crippen LogP contribution in [0, 0.1) is 0 Å². The molecule has 3 rings (SSSR count). The van der Waals surface area contributed by atoms with Crippen molar-refractivity contribution in [3.05, 3.63) is 95.7 Å². The molecule has 0 radical (unpaired) electrons. The number of amides is 1. The van der Waals surface area contributed by atoms with Crippen molar-refractivity contribution in [2.24, 2.45) is 0 Å². The van der Waals surface area contributed by atoms with Crippen molar-refractivity contribution in [1.82, 2.24) is 9.80 Å². The van der Waals surface area contributed by atoms with E-state index in [1.165, 1.54) is 0 Å². The lowest BCUT2D eigenvalue weighted by atomic mass is 9.98. The van der Waals surface area contributed by atoms with Gasteiger partial charge in [0.25, 0.3) is 5.91 Å². The molecule has 0 aliphatic heterocycles. The maximum Gasteiger partial charge on any atom is 0.259 e. The first-order chi connectivity index (χ1) is 17.9. The summed E-state index contributed by atoms with van der Waals surface area (Å²) in [5.74, 6) is 0.697. The van der Waals surface area contributed by atoms with Gasteiger partial charge in [-0.2, -0.15) is 0 Å². The number of carbonyl (C=O) groups excluding carboxylic acids is 2. The molecule has 0 fully saturated rings. The molecule has 1 amide bonds. The molecule has 194 valence electrons. The Labute approximate surface area is 220 Å². The van der Waals surface area contributed by atoms with Gasteiger partial charge in [0, 0.05) is 50.6 Å². The maximum atomic E-state index is 13.9. The summed E-state index contributed by atoms with van der Waals surface area (Å²) in [5, 5.41) is 0. The van der Waals surface area contributed by atoms with Gasteiger partial charge in [0.05, 0.1) is 14.2 Å². The number of Topliss-reactive ketones (excluding diaryl/α,β-unsaturated/α-hetero) is 1. The van der Waals surface area contributed by atoms with Gasteiger partial charge in [-0.3, -0.25) is 9.59 Å². The minimum atomic E-state index is -0.308. The third-order valence-corrected chi connectivity index (χ3v) is 6.04. The molecular weight excluding hydrogens is 464 g/mol. The third-order valence-electron chi connectivity index (χ3n) is 6.04. The molecule has 0 unspecified atom stereocenters. The summed E-state index contributed by atoms with van der Waals surface area (Å²) in [4.78, 5) is 30.9. The zero-order valence-corrected chi connectivity index (χ0v) is 22.4. The van der Waals surface area contributed by atoms with Crippen LogP contribution in [0.5, 0.6) is 11.5 Å². The van der Waals surface area contributed by atoms with Crippen LogP contribution in [0.3, 0.4) is 0 Å².